The van der Waals surface area contributed by atoms with Gasteiger partial charge in [0.2, 0.25) is 0 Å². The minimum atomic E-state index is -3.66. The molecule has 4 rings (SSSR count). The Morgan fingerprint density at radius 3 is 2.63 bits per heavy atom. The molecule has 1 saturated heterocycles. The molecule has 0 amide bonds. The third-order valence-corrected chi connectivity index (χ3v) is 5.97. The smallest absolute Gasteiger partial charge is 0.286 e. The quantitative estimate of drug-likeness (QED) is 0.853. The summed E-state index contributed by atoms with van der Waals surface area (Å²) >= 11 is 0. The van der Waals surface area contributed by atoms with Gasteiger partial charge in [0.05, 0.1) is 12.2 Å². The molecule has 2 aliphatic rings. The lowest BCUT2D eigenvalue weighted by Gasteiger charge is -2.35. The standard InChI is InChI=1S/C18H18N6O2S/c19-12-14-4-3-7-18(20-14)24-10-8-23(9-11-24)13-17-21-15-5-1-2-6-16(15)27(25,26)22-17/h1-7H,8-11,13H2,(H,21,22). The fourth-order valence-electron chi connectivity index (χ4n) is 3.24. The van der Waals surface area contributed by atoms with Gasteiger partial charge >= 0.3 is 0 Å². The van der Waals surface area contributed by atoms with E-state index >= 15 is 0 Å². The van der Waals surface area contributed by atoms with Crippen LogP contribution in [0.1, 0.15) is 5.69 Å². The lowest BCUT2D eigenvalue weighted by Crippen LogP contribution is -2.49. The van der Waals surface area contributed by atoms with Crippen molar-refractivity contribution in [3.05, 3.63) is 48.2 Å². The van der Waals surface area contributed by atoms with Crippen molar-refractivity contribution in [3.63, 3.8) is 0 Å². The van der Waals surface area contributed by atoms with E-state index in [0.29, 0.717) is 23.8 Å². The highest BCUT2D eigenvalue weighted by Crippen LogP contribution is 2.26. The first-order valence-corrected chi connectivity index (χ1v) is 10.0. The molecule has 3 heterocycles. The molecule has 9 heteroatoms. The van der Waals surface area contributed by atoms with Crippen LogP contribution in [0.15, 0.2) is 51.8 Å². The number of sulfonamides is 1. The second-order valence-corrected chi connectivity index (χ2v) is 7.96. The fourth-order valence-corrected chi connectivity index (χ4v) is 4.38. The van der Waals surface area contributed by atoms with Crippen LogP contribution in [0.5, 0.6) is 0 Å². The second-order valence-electron chi connectivity index (χ2n) is 6.39. The molecule has 0 unspecified atom stereocenters. The van der Waals surface area contributed by atoms with E-state index in [1.54, 1.807) is 30.3 Å². The van der Waals surface area contributed by atoms with Crippen LogP contribution < -0.4 is 10.2 Å². The highest BCUT2D eigenvalue weighted by molar-refractivity contribution is 7.90. The Kier molecular flexibility index (Phi) is 4.51. The summed E-state index contributed by atoms with van der Waals surface area (Å²) in [4.78, 5) is 8.82. The number of anilines is 2. The number of piperazine rings is 1. The minimum absolute atomic E-state index is 0.210. The molecular formula is C18H18N6O2S. The maximum Gasteiger partial charge on any atom is 0.286 e. The molecule has 1 fully saturated rings. The number of amidine groups is 1. The Morgan fingerprint density at radius 1 is 1.07 bits per heavy atom. The van der Waals surface area contributed by atoms with Crippen molar-refractivity contribution >= 4 is 27.4 Å². The average Bonchev–Trinajstić information content (AvgIpc) is 2.68. The highest BCUT2D eigenvalue weighted by atomic mass is 32.2. The summed E-state index contributed by atoms with van der Waals surface area (Å²) in [5.74, 6) is 1.23. The van der Waals surface area contributed by atoms with Crippen LogP contribution in [0.25, 0.3) is 0 Å². The Labute approximate surface area is 157 Å². The van der Waals surface area contributed by atoms with Gasteiger partial charge in [-0.15, -0.1) is 4.40 Å². The van der Waals surface area contributed by atoms with Gasteiger partial charge < -0.3 is 10.2 Å². The number of hydrogen-bond acceptors (Lipinski definition) is 7. The molecule has 0 radical (unpaired) electrons. The van der Waals surface area contributed by atoms with Crippen LogP contribution in [0, 0.1) is 11.3 Å². The van der Waals surface area contributed by atoms with Crippen molar-refractivity contribution < 1.29 is 8.42 Å². The van der Waals surface area contributed by atoms with E-state index in [0.717, 1.165) is 32.0 Å². The predicted molar refractivity (Wildman–Crippen MR) is 102 cm³/mol. The van der Waals surface area contributed by atoms with Crippen LogP contribution in [0.2, 0.25) is 0 Å². The molecule has 8 nitrogen and oxygen atoms in total. The number of pyridine rings is 1. The summed E-state index contributed by atoms with van der Waals surface area (Å²) < 4.78 is 28.6. The largest absolute Gasteiger partial charge is 0.354 e. The van der Waals surface area contributed by atoms with E-state index in [2.05, 4.69) is 30.6 Å². The van der Waals surface area contributed by atoms with Gasteiger partial charge in [-0.2, -0.15) is 13.7 Å². The Balaban J connectivity index is 1.41. The molecule has 138 valence electrons. The van der Waals surface area contributed by atoms with Gasteiger partial charge in [0.1, 0.15) is 28.3 Å². The molecule has 0 aliphatic carbocycles. The van der Waals surface area contributed by atoms with E-state index in [9.17, 15) is 8.42 Å². The lowest BCUT2D eigenvalue weighted by molar-refractivity contribution is 0.291. The maximum absolute atomic E-state index is 12.3. The summed E-state index contributed by atoms with van der Waals surface area (Å²) in [6, 6.07) is 14.2. The zero-order valence-corrected chi connectivity index (χ0v) is 15.4. The third-order valence-electron chi connectivity index (χ3n) is 4.59. The van der Waals surface area contributed by atoms with E-state index < -0.39 is 10.0 Å². The van der Waals surface area contributed by atoms with Crippen molar-refractivity contribution in [3.8, 4) is 6.07 Å². The monoisotopic (exact) mass is 382 g/mol. The van der Waals surface area contributed by atoms with Gasteiger partial charge in [-0.1, -0.05) is 18.2 Å². The molecule has 0 atom stereocenters. The molecule has 1 N–H and O–H groups in total. The van der Waals surface area contributed by atoms with Gasteiger partial charge in [0, 0.05) is 26.2 Å². The van der Waals surface area contributed by atoms with Gasteiger partial charge in [-0.3, -0.25) is 4.90 Å². The highest BCUT2D eigenvalue weighted by Gasteiger charge is 2.26. The van der Waals surface area contributed by atoms with E-state index in [1.807, 2.05) is 12.1 Å². The topological polar surface area (TPSA) is 102 Å². The van der Waals surface area contributed by atoms with Crippen LogP contribution in [0.4, 0.5) is 11.5 Å². The van der Waals surface area contributed by atoms with Crippen molar-refractivity contribution in [1.82, 2.24) is 9.88 Å². The lowest BCUT2D eigenvalue weighted by atomic mass is 10.2. The van der Waals surface area contributed by atoms with Crippen molar-refractivity contribution in [2.75, 3.05) is 42.9 Å². The summed E-state index contributed by atoms with van der Waals surface area (Å²) in [5, 5.41) is 12.1. The van der Waals surface area contributed by atoms with Crippen LogP contribution in [-0.2, 0) is 10.0 Å². The second kappa shape index (κ2) is 6.98. The molecule has 1 aromatic heterocycles. The Hall–Kier alpha value is -2.96. The van der Waals surface area contributed by atoms with Crippen molar-refractivity contribution in [1.29, 1.82) is 5.26 Å². The summed E-state index contributed by atoms with van der Waals surface area (Å²) in [6.07, 6.45) is 0. The SMILES string of the molecule is N#Cc1cccc(N2CCN(CC3=NS(=O)(=O)c4ccccc4N3)CC2)n1. The van der Waals surface area contributed by atoms with Gasteiger partial charge in [-0.05, 0) is 24.3 Å². The molecule has 1 aromatic carbocycles. The molecular weight excluding hydrogens is 364 g/mol. The van der Waals surface area contributed by atoms with Crippen LogP contribution >= 0.6 is 0 Å². The third kappa shape index (κ3) is 3.63. The fraction of sp³-hybridized carbons (Fsp3) is 0.278. The first kappa shape index (κ1) is 17.5. The van der Waals surface area contributed by atoms with Crippen molar-refractivity contribution in [2.45, 2.75) is 4.90 Å². The molecule has 2 aliphatic heterocycles. The maximum atomic E-state index is 12.3. The average molecular weight is 382 g/mol. The number of nitriles is 1. The first-order valence-electron chi connectivity index (χ1n) is 8.59. The van der Waals surface area contributed by atoms with Crippen molar-refractivity contribution in [2.24, 2.45) is 4.40 Å². The van der Waals surface area contributed by atoms with E-state index in [1.165, 1.54) is 0 Å². The summed E-state index contributed by atoms with van der Waals surface area (Å²) in [7, 11) is -3.66. The number of fused-ring (bicyclic) bond motifs is 1. The molecule has 0 spiro atoms. The molecule has 27 heavy (non-hydrogen) atoms. The minimum Gasteiger partial charge on any atom is -0.354 e. The normalized spacial score (nSPS) is 18.8. The Bertz CT molecular complexity index is 1040. The van der Waals surface area contributed by atoms with Gasteiger partial charge in [0.15, 0.2) is 0 Å². The summed E-state index contributed by atoms with van der Waals surface area (Å²) in [5.41, 5.74) is 0.971. The predicted octanol–water partition coefficient (Wildman–Crippen LogP) is 1.29. The number of nitrogens with zero attached hydrogens (tertiary/aromatic N) is 5. The Morgan fingerprint density at radius 2 is 1.85 bits per heavy atom. The van der Waals surface area contributed by atoms with Crippen LogP contribution in [-0.4, -0.2) is 56.9 Å². The number of rotatable bonds is 3. The number of hydrogen-bond donors (Lipinski definition) is 1. The number of benzene rings is 1. The number of aromatic nitrogens is 1. The van der Waals surface area contributed by atoms with Crippen LogP contribution in [0.3, 0.4) is 0 Å². The summed E-state index contributed by atoms with van der Waals surface area (Å²) in [6.45, 7) is 3.44. The number of nitrogens with one attached hydrogen (secondary N) is 1. The molecule has 2 aromatic rings. The first-order chi connectivity index (χ1) is 13.0. The number of para-hydroxylation sites is 1. The zero-order chi connectivity index (χ0) is 18.9. The zero-order valence-electron chi connectivity index (χ0n) is 14.5. The molecule has 0 bridgehead atoms. The molecule has 0 saturated carbocycles. The van der Waals surface area contributed by atoms with E-state index in [4.69, 9.17) is 5.26 Å². The van der Waals surface area contributed by atoms with E-state index in [-0.39, 0.29) is 4.90 Å². The van der Waals surface area contributed by atoms with Gasteiger partial charge in [0.25, 0.3) is 10.0 Å². The van der Waals surface area contributed by atoms with Gasteiger partial charge in [-0.25, -0.2) is 4.98 Å².